The summed E-state index contributed by atoms with van der Waals surface area (Å²) in [5.74, 6) is 1.32. The van der Waals surface area contributed by atoms with Gasteiger partial charge in [-0.25, -0.2) is 4.98 Å². The molecule has 76 valence electrons. The molecule has 0 N–H and O–H groups in total. The molecule has 0 spiro atoms. The lowest BCUT2D eigenvalue weighted by molar-refractivity contribution is -0.107. The number of hydrogen-bond donors (Lipinski definition) is 0. The van der Waals surface area contributed by atoms with Crippen LogP contribution < -0.4 is 0 Å². The Morgan fingerprint density at radius 2 is 2.21 bits per heavy atom. The van der Waals surface area contributed by atoms with Gasteiger partial charge in [0, 0.05) is 12.3 Å². The average Bonchev–Trinajstić information content (AvgIpc) is 2.68. The Kier molecular flexibility index (Phi) is 2.96. The molecule has 0 aliphatic heterocycles. The third-order valence-electron chi connectivity index (χ3n) is 2.82. The van der Waals surface area contributed by atoms with Crippen molar-refractivity contribution < 1.29 is 9.21 Å². The first-order valence-electron chi connectivity index (χ1n) is 5.28. The summed E-state index contributed by atoms with van der Waals surface area (Å²) in [6.07, 6.45) is 9.09. The Morgan fingerprint density at radius 3 is 2.93 bits per heavy atom. The molecule has 1 aromatic rings. The van der Waals surface area contributed by atoms with E-state index in [0.717, 1.165) is 17.9 Å². The number of hydrogen-bond acceptors (Lipinski definition) is 3. The molecule has 0 bridgehead atoms. The van der Waals surface area contributed by atoms with Crippen molar-refractivity contribution in [1.82, 2.24) is 4.98 Å². The van der Waals surface area contributed by atoms with Gasteiger partial charge in [0.1, 0.15) is 12.5 Å². The van der Waals surface area contributed by atoms with Crippen LogP contribution in [0.4, 0.5) is 0 Å². The SMILES string of the molecule is O=CCc1coc(C2CCCCC2)n1. The minimum Gasteiger partial charge on any atom is -0.448 e. The fourth-order valence-electron chi connectivity index (χ4n) is 2.04. The molecule has 3 heteroatoms. The van der Waals surface area contributed by atoms with Gasteiger partial charge in [-0.2, -0.15) is 0 Å². The summed E-state index contributed by atoms with van der Waals surface area (Å²) in [6.45, 7) is 0. The van der Waals surface area contributed by atoms with Crippen LogP contribution in [0, 0.1) is 0 Å². The van der Waals surface area contributed by atoms with Crippen molar-refractivity contribution in [1.29, 1.82) is 0 Å². The maximum absolute atomic E-state index is 10.3. The third-order valence-corrected chi connectivity index (χ3v) is 2.82. The maximum atomic E-state index is 10.3. The standard InChI is InChI=1S/C11H15NO2/c13-7-6-10-8-14-11(12-10)9-4-2-1-3-5-9/h7-9H,1-6H2. The van der Waals surface area contributed by atoms with Crippen molar-refractivity contribution in [2.24, 2.45) is 0 Å². The van der Waals surface area contributed by atoms with Gasteiger partial charge in [0.25, 0.3) is 0 Å². The fraction of sp³-hybridized carbons (Fsp3) is 0.636. The van der Waals surface area contributed by atoms with Gasteiger partial charge in [-0.1, -0.05) is 19.3 Å². The predicted octanol–water partition coefficient (Wildman–Crippen LogP) is 2.46. The largest absolute Gasteiger partial charge is 0.448 e. The van der Waals surface area contributed by atoms with E-state index >= 15 is 0 Å². The Balaban J connectivity index is 2.03. The highest BCUT2D eigenvalue weighted by Gasteiger charge is 2.19. The van der Waals surface area contributed by atoms with Crippen LogP contribution in [0.25, 0.3) is 0 Å². The summed E-state index contributed by atoms with van der Waals surface area (Å²) in [5, 5.41) is 0. The molecule has 1 heterocycles. The molecule has 0 unspecified atom stereocenters. The molecule has 1 saturated carbocycles. The van der Waals surface area contributed by atoms with Gasteiger partial charge < -0.3 is 9.21 Å². The van der Waals surface area contributed by atoms with Gasteiger partial charge in [-0.05, 0) is 12.8 Å². The normalized spacial score (nSPS) is 18.3. The molecular formula is C11H15NO2. The Bertz CT molecular complexity index is 300. The second kappa shape index (κ2) is 4.40. The van der Waals surface area contributed by atoms with Crippen LogP contribution in [0.1, 0.15) is 49.6 Å². The van der Waals surface area contributed by atoms with Crippen molar-refractivity contribution in [3.8, 4) is 0 Å². The number of carbonyl (C=O) groups excluding carboxylic acids is 1. The van der Waals surface area contributed by atoms with Crippen molar-refractivity contribution >= 4 is 6.29 Å². The van der Waals surface area contributed by atoms with Gasteiger partial charge in [0.2, 0.25) is 0 Å². The summed E-state index contributed by atoms with van der Waals surface area (Å²) >= 11 is 0. The van der Waals surface area contributed by atoms with Crippen molar-refractivity contribution in [2.75, 3.05) is 0 Å². The first-order chi connectivity index (χ1) is 6.90. The topological polar surface area (TPSA) is 43.1 Å². The Labute approximate surface area is 83.5 Å². The molecule has 0 amide bonds. The minimum absolute atomic E-state index is 0.371. The number of aromatic nitrogens is 1. The maximum Gasteiger partial charge on any atom is 0.197 e. The zero-order valence-corrected chi connectivity index (χ0v) is 8.24. The molecule has 0 saturated heterocycles. The van der Waals surface area contributed by atoms with Crippen LogP contribution in [-0.4, -0.2) is 11.3 Å². The molecule has 1 fully saturated rings. The van der Waals surface area contributed by atoms with Crippen molar-refractivity contribution in [3.05, 3.63) is 17.8 Å². The molecule has 3 nitrogen and oxygen atoms in total. The van der Waals surface area contributed by atoms with Gasteiger partial charge in [-0.15, -0.1) is 0 Å². The zero-order chi connectivity index (χ0) is 9.80. The van der Waals surface area contributed by atoms with E-state index in [2.05, 4.69) is 4.98 Å². The lowest BCUT2D eigenvalue weighted by Crippen LogP contribution is -2.04. The highest BCUT2D eigenvalue weighted by Crippen LogP contribution is 2.31. The second-order valence-electron chi connectivity index (χ2n) is 3.88. The lowest BCUT2D eigenvalue weighted by atomic mass is 9.89. The van der Waals surface area contributed by atoms with Crippen LogP contribution in [0.3, 0.4) is 0 Å². The number of nitrogens with zero attached hydrogens (tertiary/aromatic N) is 1. The van der Waals surface area contributed by atoms with Gasteiger partial charge in [-0.3, -0.25) is 0 Å². The Morgan fingerprint density at radius 1 is 1.43 bits per heavy atom. The highest BCUT2D eigenvalue weighted by molar-refractivity contribution is 5.53. The summed E-state index contributed by atoms with van der Waals surface area (Å²) in [4.78, 5) is 14.6. The average molecular weight is 193 g/mol. The van der Waals surface area contributed by atoms with E-state index in [1.165, 1.54) is 32.1 Å². The van der Waals surface area contributed by atoms with E-state index < -0.39 is 0 Å². The van der Waals surface area contributed by atoms with Gasteiger partial charge >= 0.3 is 0 Å². The molecule has 1 aliphatic carbocycles. The van der Waals surface area contributed by atoms with E-state index in [1.807, 2.05) is 0 Å². The quantitative estimate of drug-likeness (QED) is 0.692. The third kappa shape index (κ3) is 2.03. The summed E-state index contributed by atoms with van der Waals surface area (Å²) in [6, 6.07) is 0. The second-order valence-corrected chi connectivity index (χ2v) is 3.88. The smallest absolute Gasteiger partial charge is 0.197 e. The van der Waals surface area contributed by atoms with E-state index in [4.69, 9.17) is 4.42 Å². The molecule has 0 atom stereocenters. The molecule has 0 aromatic carbocycles. The number of aldehydes is 1. The summed E-state index contributed by atoms with van der Waals surface area (Å²) in [5.41, 5.74) is 0.764. The number of oxazole rings is 1. The first-order valence-corrected chi connectivity index (χ1v) is 5.28. The zero-order valence-electron chi connectivity index (χ0n) is 8.24. The number of carbonyl (C=O) groups is 1. The van der Waals surface area contributed by atoms with Crippen LogP contribution in [0.15, 0.2) is 10.7 Å². The van der Waals surface area contributed by atoms with E-state index in [-0.39, 0.29) is 0 Å². The van der Waals surface area contributed by atoms with Crippen molar-refractivity contribution in [2.45, 2.75) is 44.4 Å². The molecule has 2 rings (SSSR count). The summed E-state index contributed by atoms with van der Waals surface area (Å²) < 4.78 is 5.39. The molecule has 1 aliphatic rings. The van der Waals surface area contributed by atoms with E-state index in [9.17, 15) is 4.79 Å². The molecule has 14 heavy (non-hydrogen) atoms. The summed E-state index contributed by atoms with van der Waals surface area (Å²) in [7, 11) is 0. The van der Waals surface area contributed by atoms with Crippen LogP contribution in [0.5, 0.6) is 0 Å². The van der Waals surface area contributed by atoms with Crippen LogP contribution in [0.2, 0.25) is 0 Å². The fourth-order valence-corrected chi connectivity index (χ4v) is 2.04. The predicted molar refractivity (Wildman–Crippen MR) is 52.1 cm³/mol. The van der Waals surface area contributed by atoms with Crippen molar-refractivity contribution in [3.63, 3.8) is 0 Å². The van der Waals surface area contributed by atoms with Gasteiger partial charge in [0.15, 0.2) is 5.89 Å². The van der Waals surface area contributed by atoms with E-state index in [1.54, 1.807) is 6.26 Å². The Hall–Kier alpha value is -1.12. The monoisotopic (exact) mass is 193 g/mol. The first kappa shape index (κ1) is 9.44. The highest BCUT2D eigenvalue weighted by atomic mass is 16.3. The minimum atomic E-state index is 0.371. The molecule has 0 radical (unpaired) electrons. The lowest BCUT2D eigenvalue weighted by Gasteiger charge is -2.17. The van der Waals surface area contributed by atoms with E-state index in [0.29, 0.717) is 12.3 Å². The molecular weight excluding hydrogens is 178 g/mol. The number of rotatable bonds is 3. The van der Waals surface area contributed by atoms with Crippen LogP contribution >= 0.6 is 0 Å². The van der Waals surface area contributed by atoms with Crippen LogP contribution in [-0.2, 0) is 11.2 Å². The van der Waals surface area contributed by atoms with Gasteiger partial charge in [0.05, 0.1) is 5.69 Å². The molecule has 1 aromatic heterocycles.